The van der Waals surface area contributed by atoms with E-state index in [0.29, 0.717) is 13.0 Å². The first-order valence-corrected chi connectivity index (χ1v) is 6.45. The first-order valence-electron chi connectivity index (χ1n) is 6.45. The van der Waals surface area contributed by atoms with Gasteiger partial charge in [0.25, 0.3) is 0 Å². The topological polar surface area (TPSA) is 67.2 Å². The highest BCUT2D eigenvalue weighted by molar-refractivity contribution is 5.77. The van der Waals surface area contributed by atoms with Gasteiger partial charge in [0.2, 0.25) is 0 Å². The molecule has 0 radical (unpaired) electrons. The smallest absolute Gasteiger partial charge is 0.307 e. The predicted molar refractivity (Wildman–Crippen MR) is 71.9 cm³/mol. The van der Waals surface area contributed by atoms with E-state index in [0.717, 1.165) is 22.4 Å². The van der Waals surface area contributed by atoms with Crippen molar-refractivity contribution < 1.29 is 9.90 Å². The second-order valence-corrected chi connectivity index (χ2v) is 5.20. The van der Waals surface area contributed by atoms with Gasteiger partial charge in [-0.2, -0.15) is 0 Å². The van der Waals surface area contributed by atoms with Crippen molar-refractivity contribution in [2.45, 2.75) is 19.4 Å². The molecule has 19 heavy (non-hydrogen) atoms. The van der Waals surface area contributed by atoms with Gasteiger partial charge >= 0.3 is 5.97 Å². The van der Waals surface area contributed by atoms with Crippen molar-refractivity contribution in [3.05, 3.63) is 29.6 Å². The third-order valence-corrected chi connectivity index (χ3v) is 4.01. The number of aromatic nitrogens is 2. The third kappa shape index (κ3) is 2.00. The number of benzene rings is 1. The lowest BCUT2D eigenvalue weighted by Gasteiger charge is -2.10. The van der Waals surface area contributed by atoms with Gasteiger partial charge in [0, 0.05) is 19.6 Å². The maximum absolute atomic E-state index is 11.0. The van der Waals surface area contributed by atoms with Crippen molar-refractivity contribution in [1.29, 1.82) is 0 Å². The van der Waals surface area contributed by atoms with Crippen LogP contribution < -0.4 is 5.32 Å². The van der Waals surface area contributed by atoms with Gasteiger partial charge in [-0.25, -0.2) is 4.98 Å². The van der Waals surface area contributed by atoms with Gasteiger partial charge in [-0.15, -0.1) is 0 Å². The molecule has 5 nitrogen and oxygen atoms in total. The summed E-state index contributed by atoms with van der Waals surface area (Å²) in [7, 11) is 2.00. The number of imidazole rings is 1. The summed E-state index contributed by atoms with van der Waals surface area (Å²) in [5, 5.41) is 12.3. The Morgan fingerprint density at radius 3 is 3.00 bits per heavy atom. The molecule has 2 heterocycles. The van der Waals surface area contributed by atoms with Crippen LogP contribution in [0, 0.1) is 12.8 Å². The Labute approximate surface area is 111 Å². The molecule has 1 saturated heterocycles. The van der Waals surface area contributed by atoms with Crippen molar-refractivity contribution >= 4 is 17.0 Å². The summed E-state index contributed by atoms with van der Waals surface area (Å²) in [6.07, 6.45) is 0.645. The van der Waals surface area contributed by atoms with E-state index in [4.69, 9.17) is 5.11 Å². The predicted octanol–water partition coefficient (Wildman–Crippen LogP) is 1.62. The van der Waals surface area contributed by atoms with Crippen LogP contribution in [0.1, 0.15) is 23.9 Å². The molecule has 1 fully saturated rings. The average molecular weight is 259 g/mol. The second kappa shape index (κ2) is 4.35. The zero-order valence-corrected chi connectivity index (χ0v) is 11.1. The number of nitrogens with zero attached hydrogens (tertiary/aromatic N) is 2. The first kappa shape index (κ1) is 12.2. The number of aliphatic carboxylic acids is 1. The summed E-state index contributed by atoms with van der Waals surface area (Å²) >= 11 is 0. The molecule has 2 aromatic rings. The van der Waals surface area contributed by atoms with E-state index in [-0.39, 0.29) is 12.0 Å². The van der Waals surface area contributed by atoms with Crippen LogP contribution >= 0.6 is 0 Å². The molecule has 5 heteroatoms. The summed E-state index contributed by atoms with van der Waals surface area (Å²) in [6, 6.07) is 6.29. The van der Waals surface area contributed by atoms with Crippen molar-refractivity contribution in [2.24, 2.45) is 13.0 Å². The van der Waals surface area contributed by atoms with E-state index in [1.807, 2.05) is 14.0 Å². The van der Waals surface area contributed by atoms with Crippen LogP contribution in [0.5, 0.6) is 0 Å². The molecule has 2 N–H and O–H groups in total. The lowest BCUT2D eigenvalue weighted by Crippen LogP contribution is -2.17. The molecular weight excluding hydrogens is 242 g/mol. The molecule has 1 aliphatic rings. The second-order valence-electron chi connectivity index (χ2n) is 5.20. The van der Waals surface area contributed by atoms with Crippen molar-refractivity contribution in [3.8, 4) is 0 Å². The zero-order valence-electron chi connectivity index (χ0n) is 11.1. The van der Waals surface area contributed by atoms with E-state index in [2.05, 4.69) is 33.1 Å². The molecule has 0 aliphatic carbocycles. The molecule has 1 aliphatic heterocycles. The van der Waals surface area contributed by atoms with Crippen LogP contribution in [0.15, 0.2) is 18.2 Å². The Bertz CT molecular complexity index is 647. The summed E-state index contributed by atoms with van der Waals surface area (Å²) in [4.78, 5) is 15.5. The minimum atomic E-state index is -0.718. The van der Waals surface area contributed by atoms with Gasteiger partial charge < -0.3 is 15.0 Å². The molecule has 0 bridgehead atoms. The molecule has 2 unspecified atom stereocenters. The number of rotatable bonds is 2. The van der Waals surface area contributed by atoms with Crippen molar-refractivity contribution in [3.63, 3.8) is 0 Å². The Hall–Kier alpha value is -1.88. The molecule has 100 valence electrons. The van der Waals surface area contributed by atoms with Crippen molar-refractivity contribution in [1.82, 2.24) is 14.9 Å². The lowest BCUT2D eigenvalue weighted by atomic mass is 10.00. The fourth-order valence-electron chi connectivity index (χ4n) is 2.73. The number of fused-ring (bicyclic) bond motifs is 1. The summed E-state index contributed by atoms with van der Waals surface area (Å²) in [5.74, 6) is -0.0223. The monoisotopic (exact) mass is 259 g/mol. The number of carboxylic acids is 1. The Morgan fingerprint density at radius 2 is 2.32 bits per heavy atom. The molecule has 2 atom stereocenters. The zero-order chi connectivity index (χ0) is 13.6. The molecule has 0 saturated carbocycles. The number of carbonyl (C=O) groups is 1. The number of nitrogens with one attached hydrogen (secondary N) is 1. The van der Waals surface area contributed by atoms with Gasteiger partial charge in [-0.05, 0) is 31.0 Å². The molecule has 1 aromatic carbocycles. The number of carboxylic acid groups (broad SMARTS) is 1. The average Bonchev–Trinajstić information content (AvgIpc) is 2.96. The number of aryl methyl sites for hydroxylation is 2. The first-order chi connectivity index (χ1) is 9.06. The summed E-state index contributed by atoms with van der Waals surface area (Å²) in [5.41, 5.74) is 3.20. The minimum absolute atomic E-state index is 0.118. The summed E-state index contributed by atoms with van der Waals surface area (Å²) < 4.78 is 2.06. The maximum atomic E-state index is 11.0. The summed E-state index contributed by atoms with van der Waals surface area (Å²) in [6.45, 7) is 2.52. The highest BCUT2D eigenvalue weighted by Crippen LogP contribution is 2.29. The van der Waals surface area contributed by atoms with Crippen molar-refractivity contribution in [2.75, 3.05) is 6.54 Å². The largest absolute Gasteiger partial charge is 0.481 e. The fourth-order valence-corrected chi connectivity index (χ4v) is 2.73. The molecule has 0 spiro atoms. The quantitative estimate of drug-likeness (QED) is 0.860. The van der Waals surface area contributed by atoms with Gasteiger partial charge in [0.1, 0.15) is 5.82 Å². The van der Waals surface area contributed by atoms with Gasteiger partial charge in [0.15, 0.2) is 0 Å². The minimum Gasteiger partial charge on any atom is -0.481 e. The van der Waals surface area contributed by atoms with Gasteiger partial charge in [-0.3, -0.25) is 4.79 Å². The van der Waals surface area contributed by atoms with Crippen LogP contribution in [0.4, 0.5) is 0 Å². The van der Waals surface area contributed by atoms with E-state index < -0.39 is 5.97 Å². The SMILES string of the molecule is Cc1nc2cc(C3CC(C(=O)O)CN3)ccc2n1C. The molecule has 1 aromatic heterocycles. The van der Waals surface area contributed by atoms with Crippen LogP contribution in [-0.2, 0) is 11.8 Å². The van der Waals surface area contributed by atoms with Crippen LogP contribution in [-0.4, -0.2) is 27.2 Å². The highest BCUT2D eigenvalue weighted by Gasteiger charge is 2.30. The fraction of sp³-hybridized carbons (Fsp3) is 0.429. The molecule has 0 amide bonds. The Balaban J connectivity index is 1.92. The molecule has 3 rings (SSSR count). The van der Waals surface area contributed by atoms with Crippen LogP contribution in [0.2, 0.25) is 0 Å². The Kier molecular flexibility index (Phi) is 2.78. The van der Waals surface area contributed by atoms with Gasteiger partial charge in [0.05, 0.1) is 17.0 Å². The van der Waals surface area contributed by atoms with E-state index >= 15 is 0 Å². The lowest BCUT2D eigenvalue weighted by molar-refractivity contribution is -0.141. The van der Waals surface area contributed by atoms with Crippen LogP contribution in [0.3, 0.4) is 0 Å². The van der Waals surface area contributed by atoms with E-state index in [1.54, 1.807) is 0 Å². The standard InChI is InChI=1S/C14H17N3O2/c1-8-16-12-5-9(3-4-13(12)17(8)2)11-6-10(7-15-11)14(18)19/h3-5,10-11,15H,6-7H2,1-2H3,(H,18,19). The third-order valence-electron chi connectivity index (χ3n) is 4.01. The number of hydrogen-bond donors (Lipinski definition) is 2. The molecular formula is C14H17N3O2. The normalized spacial score (nSPS) is 23.1. The van der Waals surface area contributed by atoms with Gasteiger partial charge in [-0.1, -0.05) is 6.07 Å². The van der Waals surface area contributed by atoms with E-state index in [1.165, 1.54) is 0 Å². The van der Waals surface area contributed by atoms with Crippen LogP contribution in [0.25, 0.3) is 11.0 Å². The highest BCUT2D eigenvalue weighted by atomic mass is 16.4. The van der Waals surface area contributed by atoms with E-state index in [9.17, 15) is 4.79 Å². The maximum Gasteiger partial charge on any atom is 0.307 e. The Morgan fingerprint density at radius 1 is 1.53 bits per heavy atom. The number of hydrogen-bond acceptors (Lipinski definition) is 3.